The van der Waals surface area contributed by atoms with Crippen molar-refractivity contribution in [3.8, 4) is 5.75 Å². The van der Waals surface area contributed by atoms with E-state index in [4.69, 9.17) is 4.74 Å². The molecule has 2 saturated heterocycles. The molecular formula is C18H27FN2O3S. The van der Waals surface area contributed by atoms with Crippen molar-refractivity contribution in [1.82, 2.24) is 9.21 Å². The van der Waals surface area contributed by atoms with Crippen molar-refractivity contribution in [3.05, 3.63) is 29.6 Å². The van der Waals surface area contributed by atoms with Crippen LogP contribution in [0.5, 0.6) is 5.75 Å². The van der Waals surface area contributed by atoms with Crippen molar-refractivity contribution >= 4 is 10.0 Å². The summed E-state index contributed by atoms with van der Waals surface area (Å²) in [5, 5.41) is 0. The van der Waals surface area contributed by atoms with Gasteiger partial charge in [-0.25, -0.2) is 17.1 Å². The van der Waals surface area contributed by atoms with Crippen molar-refractivity contribution in [2.24, 2.45) is 5.41 Å². The third kappa shape index (κ3) is 3.99. The minimum absolute atomic E-state index is 0.00975. The first-order valence-electron chi connectivity index (χ1n) is 8.90. The number of nitrogens with zero attached hydrogens (tertiary/aromatic N) is 2. The smallest absolute Gasteiger partial charge is 0.213 e. The molecular weight excluding hydrogens is 343 g/mol. The Hall–Kier alpha value is -1.18. The van der Waals surface area contributed by atoms with Gasteiger partial charge in [-0.15, -0.1) is 0 Å². The second kappa shape index (κ2) is 7.21. The van der Waals surface area contributed by atoms with E-state index in [2.05, 4.69) is 4.90 Å². The number of hydrogen-bond donors (Lipinski definition) is 0. The fraction of sp³-hybridized carbons (Fsp3) is 0.667. The summed E-state index contributed by atoms with van der Waals surface area (Å²) in [6.07, 6.45) is 2.95. The number of ether oxygens (including phenoxy) is 1. The van der Waals surface area contributed by atoms with Crippen LogP contribution in [0.15, 0.2) is 18.2 Å². The fourth-order valence-electron chi connectivity index (χ4n) is 4.13. The molecule has 25 heavy (non-hydrogen) atoms. The number of benzene rings is 1. The van der Waals surface area contributed by atoms with Crippen LogP contribution in [0.25, 0.3) is 0 Å². The number of rotatable bonds is 5. The fourth-order valence-corrected chi connectivity index (χ4v) is 5.34. The van der Waals surface area contributed by atoms with Crippen LogP contribution < -0.4 is 4.74 Å². The van der Waals surface area contributed by atoms with E-state index in [0.29, 0.717) is 30.9 Å². The molecule has 1 spiro atoms. The molecule has 0 aliphatic carbocycles. The van der Waals surface area contributed by atoms with Crippen molar-refractivity contribution in [3.63, 3.8) is 0 Å². The first-order valence-corrected chi connectivity index (χ1v) is 10.5. The third-order valence-electron chi connectivity index (χ3n) is 5.55. The van der Waals surface area contributed by atoms with Crippen LogP contribution in [0.1, 0.15) is 31.7 Å². The first kappa shape index (κ1) is 18.6. The molecule has 1 aromatic rings. The van der Waals surface area contributed by atoms with Crippen molar-refractivity contribution in [2.45, 2.75) is 32.7 Å². The van der Waals surface area contributed by atoms with Gasteiger partial charge in [0.2, 0.25) is 10.0 Å². The molecule has 0 aromatic heterocycles. The van der Waals surface area contributed by atoms with Crippen molar-refractivity contribution < 1.29 is 17.5 Å². The van der Waals surface area contributed by atoms with Gasteiger partial charge in [0.25, 0.3) is 0 Å². The molecule has 7 heteroatoms. The molecule has 0 unspecified atom stereocenters. The number of sulfonamides is 1. The summed E-state index contributed by atoms with van der Waals surface area (Å²) in [5.74, 6) is 0.591. The molecule has 3 rings (SSSR count). The maximum Gasteiger partial charge on any atom is 0.213 e. The van der Waals surface area contributed by atoms with Crippen LogP contribution >= 0.6 is 0 Å². The third-order valence-corrected chi connectivity index (χ3v) is 7.38. The van der Waals surface area contributed by atoms with Crippen LogP contribution in [0.4, 0.5) is 4.39 Å². The SMILES string of the molecule is CCS(=O)(=O)N1CC[C@@]2(CCCN(Cc3cc(OC)ccc3F)C2)C1. The Morgan fingerprint density at radius 2 is 2.04 bits per heavy atom. The lowest BCUT2D eigenvalue weighted by Gasteiger charge is -2.40. The highest BCUT2D eigenvalue weighted by Gasteiger charge is 2.44. The largest absolute Gasteiger partial charge is 0.497 e. The molecule has 2 fully saturated rings. The number of likely N-dealkylation sites (tertiary alicyclic amines) is 1. The number of halogens is 1. The Bertz CT molecular complexity index is 725. The summed E-state index contributed by atoms with van der Waals surface area (Å²) >= 11 is 0. The monoisotopic (exact) mass is 370 g/mol. The van der Waals surface area contributed by atoms with E-state index in [9.17, 15) is 12.8 Å². The number of hydrogen-bond acceptors (Lipinski definition) is 4. The van der Waals surface area contributed by atoms with E-state index in [-0.39, 0.29) is 17.0 Å². The summed E-state index contributed by atoms with van der Waals surface area (Å²) in [4.78, 5) is 2.25. The standard InChI is InChI=1S/C18H27FN2O3S/c1-3-25(22,23)21-10-8-18(14-21)7-4-9-20(13-18)12-15-11-16(24-2)5-6-17(15)19/h5-6,11H,3-4,7-10,12-14H2,1-2H3/t18-/m1/s1. The second-order valence-corrected chi connectivity index (χ2v) is 9.51. The maximum atomic E-state index is 14.1. The summed E-state index contributed by atoms with van der Waals surface area (Å²) in [7, 11) is -1.55. The van der Waals surface area contributed by atoms with Crippen LogP contribution in [0.2, 0.25) is 0 Å². The van der Waals surface area contributed by atoms with Crippen LogP contribution in [-0.2, 0) is 16.6 Å². The second-order valence-electron chi connectivity index (χ2n) is 7.26. The van der Waals surface area contributed by atoms with Gasteiger partial charge >= 0.3 is 0 Å². The molecule has 1 aromatic carbocycles. The van der Waals surface area contributed by atoms with Gasteiger partial charge in [0.05, 0.1) is 12.9 Å². The van der Waals surface area contributed by atoms with Gasteiger partial charge in [0.15, 0.2) is 0 Å². The van der Waals surface area contributed by atoms with E-state index in [1.165, 1.54) is 6.07 Å². The summed E-state index contributed by atoms with van der Waals surface area (Å²) in [5.41, 5.74) is 0.642. The van der Waals surface area contributed by atoms with Gasteiger partial charge in [0, 0.05) is 31.7 Å². The summed E-state index contributed by atoms with van der Waals surface area (Å²) in [6.45, 7) is 5.17. The summed E-state index contributed by atoms with van der Waals surface area (Å²) in [6, 6.07) is 4.82. The van der Waals surface area contributed by atoms with E-state index in [1.54, 1.807) is 30.5 Å². The Kier molecular flexibility index (Phi) is 5.37. The summed E-state index contributed by atoms with van der Waals surface area (Å²) < 4.78 is 45.3. The Morgan fingerprint density at radius 3 is 2.76 bits per heavy atom. The van der Waals surface area contributed by atoms with Gasteiger partial charge in [-0.3, -0.25) is 4.90 Å². The van der Waals surface area contributed by atoms with Crippen LogP contribution in [0.3, 0.4) is 0 Å². The normalized spacial score (nSPS) is 25.6. The molecule has 0 N–H and O–H groups in total. The minimum Gasteiger partial charge on any atom is -0.497 e. The number of piperidine rings is 1. The molecule has 0 amide bonds. The van der Waals surface area contributed by atoms with Gasteiger partial charge in [-0.2, -0.15) is 0 Å². The van der Waals surface area contributed by atoms with Crippen LogP contribution in [-0.4, -0.2) is 56.7 Å². The highest BCUT2D eigenvalue weighted by Crippen LogP contribution is 2.40. The molecule has 2 heterocycles. The number of methoxy groups -OCH3 is 1. The highest BCUT2D eigenvalue weighted by atomic mass is 32.2. The zero-order chi connectivity index (χ0) is 18.1. The van der Waals surface area contributed by atoms with E-state index >= 15 is 0 Å². The lowest BCUT2D eigenvalue weighted by Crippen LogP contribution is -2.45. The van der Waals surface area contributed by atoms with Crippen LogP contribution in [0, 0.1) is 11.2 Å². The predicted molar refractivity (Wildman–Crippen MR) is 95.5 cm³/mol. The molecule has 140 valence electrons. The van der Waals surface area contributed by atoms with E-state index in [0.717, 1.165) is 32.4 Å². The molecule has 2 aliphatic heterocycles. The van der Waals surface area contributed by atoms with Gasteiger partial charge in [0.1, 0.15) is 11.6 Å². The van der Waals surface area contributed by atoms with E-state index in [1.807, 2.05) is 0 Å². The predicted octanol–water partition coefficient (Wildman–Crippen LogP) is 2.47. The highest BCUT2D eigenvalue weighted by molar-refractivity contribution is 7.89. The van der Waals surface area contributed by atoms with Crippen molar-refractivity contribution in [1.29, 1.82) is 0 Å². The van der Waals surface area contributed by atoms with Gasteiger partial charge in [-0.05, 0) is 56.3 Å². The zero-order valence-corrected chi connectivity index (χ0v) is 15.8. The zero-order valence-electron chi connectivity index (χ0n) is 15.0. The average molecular weight is 370 g/mol. The Labute approximate surface area is 149 Å². The lowest BCUT2D eigenvalue weighted by molar-refractivity contribution is 0.0925. The molecule has 1 atom stereocenters. The van der Waals surface area contributed by atoms with E-state index < -0.39 is 10.0 Å². The van der Waals surface area contributed by atoms with Crippen molar-refractivity contribution in [2.75, 3.05) is 39.0 Å². The van der Waals surface area contributed by atoms with Gasteiger partial charge < -0.3 is 4.74 Å². The Balaban J connectivity index is 1.70. The molecule has 0 radical (unpaired) electrons. The molecule has 0 saturated carbocycles. The Morgan fingerprint density at radius 1 is 1.24 bits per heavy atom. The molecule has 2 aliphatic rings. The molecule has 0 bridgehead atoms. The van der Waals surface area contributed by atoms with Gasteiger partial charge in [-0.1, -0.05) is 0 Å². The molecule has 5 nitrogen and oxygen atoms in total. The lowest BCUT2D eigenvalue weighted by atomic mass is 9.79. The first-order chi connectivity index (χ1) is 11.9. The minimum atomic E-state index is -3.13. The average Bonchev–Trinajstić information content (AvgIpc) is 3.01. The maximum absolute atomic E-state index is 14.1. The topological polar surface area (TPSA) is 49.9 Å². The quantitative estimate of drug-likeness (QED) is 0.799.